The van der Waals surface area contributed by atoms with E-state index < -0.39 is 24.0 Å². The molecular formula is C15H13F4NO4. The Hall–Kier alpha value is -2.42. The van der Waals surface area contributed by atoms with Crippen LogP contribution in [-0.2, 0) is 16.0 Å². The Morgan fingerprint density at radius 1 is 1.38 bits per heavy atom. The van der Waals surface area contributed by atoms with Crippen LogP contribution in [-0.4, -0.2) is 37.2 Å². The van der Waals surface area contributed by atoms with Crippen molar-refractivity contribution >= 4 is 11.8 Å². The normalized spacial score (nSPS) is 17.6. The number of fused-ring (bicyclic) bond motifs is 1. The van der Waals surface area contributed by atoms with Gasteiger partial charge in [-0.2, -0.15) is 13.2 Å². The number of ketones is 1. The molecule has 2 N–H and O–H groups in total. The van der Waals surface area contributed by atoms with Gasteiger partial charge in [-0.1, -0.05) is 6.07 Å². The van der Waals surface area contributed by atoms with Crippen molar-refractivity contribution in [2.75, 3.05) is 13.2 Å². The quantitative estimate of drug-likeness (QED) is 0.652. The van der Waals surface area contributed by atoms with Crippen molar-refractivity contribution in [1.29, 1.82) is 0 Å². The molecule has 1 aliphatic rings. The molecule has 0 amide bonds. The Bertz CT molecular complexity index is 685. The molecule has 0 saturated carbocycles. The summed E-state index contributed by atoms with van der Waals surface area (Å²) in [4.78, 5) is 22.9. The van der Waals surface area contributed by atoms with Gasteiger partial charge in [0.1, 0.15) is 12.4 Å². The minimum Gasteiger partial charge on any atom is -0.489 e. The van der Waals surface area contributed by atoms with E-state index in [1.54, 1.807) is 0 Å². The summed E-state index contributed by atoms with van der Waals surface area (Å²) in [7, 11) is 0. The van der Waals surface area contributed by atoms with Crippen LogP contribution in [0.2, 0.25) is 0 Å². The summed E-state index contributed by atoms with van der Waals surface area (Å²) in [5.74, 6) is -2.93. The molecule has 0 saturated heterocycles. The highest BCUT2D eigenvalue weighted by Gasteiger charge is 2.45. The Balaban J connectivity index is 2.08. The van der Waals surface area contributed by atoms with Crippen LogP contribution >= 0.6 is 0 Å². The van der Waals surface area contributed by atoms with Gasteiger partial charge in [-0.25, -0.2) is 9.18 Å². The first-order chi connectivity index (χ1) is 11.3. The first kappa shape index (κ1) is 17.9. The zero-order chi connectivity index (χ0) is 17.9. The molecule has 130 valence electrons. The largest absolute Gasteiger partial charge is 0.490 e. The minimum atomic E-state index is -5.17. The lowest BCUT2D eigenvalue weighted by Crippen LogP contribution is -2.32. The van der Waals surface area contributed by atoms with E-state index in [9.17, 15) is 27.2 Å². The van der Waals surface area contributed by atoms with E-state index in [2.05, 4.69) is 4.74 Å². The van der Waals surface area contributed by atoms with Crippen LogP contribution in [0.3, 0.4) is 0 Å². The van der Waals surface area contributed by atoms with Crippen LogP contribution in [0, 0.1) is 0 Å². The van der Waals surface area contributed by atoms with Crippen molar-refractivity contribution in [3.63, 3.8) is 0 Å². The maximum Gasteiger partial charge on any atom is 0.490 e. The highest BCUT2D eigenvalue weighted by molar-refractivity contribution is 6.05. The molecule has 0 fully saturated rings. The monoisotopic (exact) mass is 347 g/mol. The minimum absolute atomic E-state index is 0.0458. The van der Waals surface area contributed by atoms with Crippen LogP contribution < -0.4 is 10.5 Å². The topological polar surface area (TPSA) is 78.6 Å². The number of ether oxygens (including phenoxy) is 2. The van der Waals surface area contributed by atoms with E-state index in [4.69, 9.17) is 10.5 Å². The van der Waals surface area contributed by atoms with Crippen LogP contribution in [0.25, 0.3) is 0 Å². The molecule has 1 aromatic rings. The third kappa shape index (κ3) is 3.91. The highest BCUT2D eigenvalue weighted by atomic mass is 19.4. The van der Waals surface area contributed by atoms with Crippen LogP contribution in [0.15, 0.2) is 30.1 Å². The van der Waals surface area contributed by atoms with Crippen molar-refractivity contribution in [3.8, 4) is 5.75 Å². The second-order valence-corrected chi connectivity index (χ2v) is 5.04. The fourth-order valence-electron chi connectivity index (χ4n) is 2.12. The average Bonchev–Trinajstić information content (AvgIpc) is 2.83. The molecule has 24 heavy (non-hydrogen) atoms. The van der Waals surface area contributed by atoms with Gasteiger partial charge in [-0.05, 0) is 17.7 Å². The lowest BCUT2D eigenvalue weighted by molar-refractivity contribution is -0.202. The number of benzene rings is 1. The molecule has 0 aromatic heterocycles. The van der Waals surface area contributed by atoms with E-state index in [1.807, 2.05) is 0 Å². The van der Waals surface area contributed by atoms with Gasteiger partial charge in [0.15, 0.2) is 6.10 Å². The van der Waals surface area contributed by atoms with Crippen LogP contribution in [0.5, 0.6) is 5.75 Å². The summed E-state index contributed by atoms with van der Waals surface area (Å²) < 4.78 is 58.5. The number of rotatable bonds is 5. The molecule has 0 aliphatic heterocycles. The second kappa shape index (κ2) is 7.00. The maximum absolute atomic E-state index is 12.4. The number of nitrogens with two attached hydrogens (primary N) is 1. The van der Waals surface area contributed by atoms with Gasteiger partial charge in [-0.15, -0.1) is 0 Å². The van der Waals surface area contributed by atoms with Crippen molar-refractivity contribution < 1.29 is 36.6 Å². The first-order valence-corrected chi connectivity index (χ1v) is 6.82. The number of alkyl halides is 3. The predicted molar refractivity (Wildman–Crippen MR) is 74.2 cm³/mol. The SMILES string of the molecule is NC/C(=C/F)COc1ccc2c(c1)C(=O)C(OC(=O)C(F)(F)F)C2. The predicted octanol–water partition coefficient (Wildman–Crippen LogP) is 2.09. The number of Topliss-reactive ketones (excluding diaryl/α,β-unsaturated/α-hetero) is 1. The number of hydrogen-bond acceptors (Lipinski definition) is 5. The van der Waals surface area contributed by atoms with Gasteiger partial charge in [-0.3, -0.25) is 4.79 Å². The van der Waals surface area contributed by atoms with E-state index >= 15 is 0 Å². The molecule has 1 aromatic carbocycles. The number of carbonyl (C=O) groups excluding carboxylic acids is 2. The van der Waals surface area contributed by atoms with Crippen molar-refractivity contribution in [1.82, 2.24) is 0 Å². The van der Waals surface area contributed by atoms with E-state index in [0.29, 0.717) is 11.9 Å². The molecule has 2 rings (SSSR count). The summed E-state index contributed by atoms with van der Waals surface area (Å²) in [5, 5.41) is 0. The lowest BCUT2D eigenvalue weighted by atomic mass is 10.1. The van der Waals surface area contributed by atoms with Crippen molar-refractivity contribution in [2.24, 2.45) is 5.73 Å². The van der Waals surface area contributed by atoms with Gasteiger partial charge in [0.05, 0.1) is 6.33 Å². The summed E-state index contributed by atoms with van der Waals surface area (Å²) in [6.45, 7) is -0.178. The smallest absolute Gasteiger partial charge is 0.489 e. The standard InChI is InChI=1S/C15H13F4NO4/c16-5-8(6-20)7-23-10-2-1-9-3-12(13(21)11(9)4-10)24-14(22)15(17,18)19/h1-2,4-5,12H,3,6-7,20H2/b8-5-. The summed E-state index contributed by atoms with van der Waals surface area (Å²) >= 11 is 0. The summed E-state index contributed by atoms with van der Waals surface area (Å²) in [5.41, 5.74) is 6.01. The maximum atomic E-state index is 12.4. The molecule has 5 nitrogen and oxygen atoms in total. The van der Waals surface area contributed by atoms with Crippen LogP contribution in [0.4, 0.5) is 17.6 Å². The van der Waals surface area contributed by atoms with Gasteiger partial charge in [0, 0.05) is 24.1 Å². The number of esters is 1. The number of carbonyl (C=O) groups is 2. The molecule has 1 unspecified atom stereocenters. The fourth-order valence-corrected chi connectivity index (χ4v) is 2.12. The number of halogens is 4. The molecule has 0 bridgehead atoms. The first-order valence-electron chi connectivity index (χ1n) is 6.82. The molecule has 0 radical (unpaired) electrons. The van der Waals surface area contributed by atoms with Crippen molar-refractivity contribution in [3.05, 3.63) is 41.2 Å². The molecule has 0 heterocycles. The highest BCUT2D eigenvalue weighted by Crippen LogP contribution is 2.29. The molecular weight excluding hydrogens is 334 g/mol. The van der Waals surface area contributed by atoms with E-state index in [1.165, 1.54) is 18.2 Å². The molecule has 9 heteroatoms. The third-order valence-electron chi connectivity index (χ3n) is 3.37. The molecule has 0 spiro atoms. The van der Waals surface area contributed by atoms with Gasteiger partial charge < -0.3 is 15.2 Å². The lowest BCUT2D eigenvalue weighted by Gasteiger charge is -2.11. The van der Waals surface area contributed by atoms with Gasteiger partial charge >= 0.3 is 12.1 Å². The number of hydrogen-bond donors (Lipinski definition) is 1. The van der Waals surface area contributed by atoms with E-state index in [-0.39, 0.29) is 36.5 Å². The second-order valence-electron chi connectivity index (χ2n) is 5.04. The Morgan fingerprint density at radius 3 is 2.67 bits per heavy atom. The third-order valence-corrected chi connectivity index (χ3v) is 3.37. The summed E-state index contributed by atoms with van der Waals surface area (Å²) in [6, 6.07) is 4.27. The van der Waals surface area contributed by atoms with E-state index in [0.717, 1.165) is 0 Å². The van der Waals surface area contributed by atoms with Gasteiger partial charge in [0.25, 0.3) is 0 Å². The molecule has 1 aliphatic carbocycles. The summed E-state index contributed by atoms with van der Waals surface area (Å²) in [6.07, 6.45) is -6.52. The van der Waals surface area contributed by atoms with Crippen molar-refractivity contribution in [2.45, 2.75) is 18.7 Å². The average molecular weight is 347 g/mol. The zero-order valence-electron chi connectivity index (χ0n) is 12.2. The Labute approximate surface area is 134 Å². The van der Waals surface area contributed by atoms with Gasteiger partial charge in [0.2, 0.25) is 5.78 Å². The Kier molecular flexibility index (Phi) is 5.23. The van der Waals surface area contributed by atoms with Crippen LogP contribution in [0.1, 0.15) is 15.9 Å². The molecule has 1 atom stereocenters. The zero-order valence-corrected chi connectivity index (χ0v) is 12.2. The Morgan fingerprint density at radius 2 is 2.08 bits per heavy atom. The fraction of sp³-hybridized carbons (Fsp3) is 0.333.